The molecule has 1 aliphatic rings. The molecule has 1 aromatic heterocycles. The predicted octanol–water partition coefficient (Wildman–Crippen LogP) is 3.20. The Labute approximate surface area is 112 Å². The van der Waals surface area contributed by atoms with Gasteiger partial charge in [-0.05, 0) is 32.3 Å². The van der Waals surface area contributed by atoms with Crippen LogP contribution in [0.4, 0.5) is 5.82 Å². The van der Waals surface area contributed by atoms with Crippen LogP contribution in [-0.2, 0) is 0 Å². The summed E-state index contributed by atoms with van der Waals surface area (Å²) in [6.45, 7) is 4.26. The fourth-order valence-corrected chi connectivity index (χ4v) is 2.92. The van der Waals surface area contributed by atoms with E-state index in [1.54, 1.807) is 0 Å². The summed E-state index contributed by atoms with van der Waals surface area (Å²) < 4.78 is 0. The Kier molecular flexibility index (Phi) is 3.76. The van der Waals surface area contributed by atoms with E-state index in [9.17, 15) is 4.79 Å². The number of carbonyl (C=O) groups is 1. The predicted molar refractivity (Wildman–Crippen MR) is 71.5 cm³/mol. The molecule has 2 unspecified atom stereocenters. The number of hydrogen-bond donors (Lipinski definition) is 1. The molecule has 0 amide bonds. The number of carboxylic acids is 1. The fourth-order valence-electron chi connectivity index (χ4n) is 2.63. The minimum Gasteiger partial charge on any atom is -0.478 e. The highest BCUT2D eigenvalue weighted by molar-refractivity contribution is 6.35. The summed E-state index contributed by atoms with van der Waals surface area (Å²) in [7, 11) is 0. The number of aromatic nitrogens is 1. The second-order valence-electron chi connectivity index (χ2n) is 4.70. The molecule has 0 saturated carbocycles. The van der Waals surface area contributed by atoms with Crippen LogP contribution in [-0.4, -0.2) is 28.1 Å². The van der Waals surface area contributed by atoms with Crippen molar-refractivity contribution in [3.8, 4) is 0 Å². The molecule has 0 radical (unpaired) electrons. The van der Waals surface area contributed by atoms with Crippen molar-refractivity contribution in [1.29, 1.82) is 0 Å². The van der Waals surface area contributed by atoms with E-state index >= 15 is 0 Å². The number of nitrogens with zero attached hydrogens (tertiary/aromatic N) is 2. The molecule has 1 saturated heterocycles. The van der Waals surface area contributed by atoms with Crippen molar-refractivity contribution in [3.05, 3.63) is 22.8 Å². The summed E-state index contributed by atoms with van der Waals surface area (Å²) in [5.41, 5.74) is 0.121. The van der Waals surface area contributed by atoms with Crippen molar-refractivity contribution in [2.45, 2.75) is 45.2 Å². The molecular weight excluding hydrogens is 252 g/mol. The molecule has 5 heteroatoms. The molecule has 1 fully saturated rings. The highest BCUT2D eigenvalue weighted by Gasteiger charge is 2.32. The van der Waals surface area contributed by atoms with Crippen molar-refractivity contribution in [2.75, 3.05) is 4.90 Å². The Balaban J connectivity index is 2.44. The molecule has 2 heterocycles. The summed E-state index contributed by atoms with van der Waals surface area (Å²) in [5, 5.41) is 9.34. The average Bonchev–Trinajstić information content (AvgIpc) is 2.70. The lowest BCUT2D eigenvalue weighted by atomic mass is 10.1. The van der Waals surface area contributed by atoms with Crippen LogP contribution in [0.15, 0.2) is 12.3 Å². The van der Waals surface area contributed by atoms with Crippen LogP contribution in [0.2, 0.25) is 5.02 Å². The summed E-state index contributed by atoms with van der Waals surface area (Å²) in [4.78, 5) is 17.5. The number of carboxylic acid groups (broad SMARTS) is 1. The maximum Gasteiger partial charge on any atom is 0.337 e. The average molecular weight is 269 g/mol. The topological polar surface area (TPSA) is 53.4 Å². The number of pyridine rings is 1. The van der Waals surface area contributed by atoms with Gasteiger partial charge in [-0.15, -0.1) is 0 Å². The number of anilines is 1. The quantitative estimate of drug-likeness (QED) is 0.915. The molecule has 2 atom stereocenters. The molecule has 0 aliphatic carbocycles. The molecule has 0 bridgehead atoms. The third-order valence-electron chi connectivity index (χ3n) is 3.60. The first-order chi connectivity index (χ1) is 8.56. The normalized spacial score (nSPS) is 23.4. The van der Waals surface area contributed by atoms with Crippen LogP contribution in [0.5, 0.6) is 0 Å². The van der Waals surface area contributed by atoms with E-state index in [2.05, 4.69) is 23.7 Å². The Morgan fingerprint density at radius 2 is 2.33 bits per heavy atom. The smallest absolute Gasteiger partial charge is 0.337 e. The highest BCUT2D eigenvalue weighted by atomic mass is 35.5. The van der Waals surface area contributed by atoms with E-state index in [0.29, 0.717) is 17.9 Å². The molecular formula is C13H17ClN2O2. The molecule has 1 N–H and O–H groups in total. The van der Waals surface area contributed by atoms with Gasteiger partial charge in [-0.2, -0.15) is 0 Å². The summed E-state index contributed by atoms with van der Waals surface area (Å²) in [6.07, 6.45) is 4.73. The molecule has 0 spiro atoms. The molecule has 4 nitrogen and oxygen atoms in total. The van der Waals surface area contributed by atoms with E-state index < -0.39 is 5.97 Å². The van der Waals surface area contributed by atoms with Crippen LogP contribution in [0, 0.1) is 0 Å². The number of rotatable bonds is 3. The van der Waals surface area contributed by atoms with Gasteiger partial charge in [-0.3, -0.25) is 0 Å². The minimum atomic E-state index is -1.01. The second kappa shape index (κ2) is 5.14. The first kappa shape index (κ1) is 13.1. The lowest BCUT2D eigenvalue weighted by Crippen LogP contribution is -2.35. The zero-order valence-corrected chi connectivity index (χ0v) is 11.3. The van der Waals surface area contributed by atoms with Gasteiger partial charge in [0.2, 0.25) is 0 Å². The molecule has 0 aromatic carbocycles. The third-order valence-corrected chi connectivity index (χ3v) is 3.98. The Morgan fingerprint density at radius 1 is 1.61 bits per heavy atom. The fraction of sp³-hybridized carbons (Fsp3) is 0.538. The van der Waals surface area contributed by atoms with E-state index in [1.165, 1.54) is 12.3 Å². The van der Waals surface area contributed by atoms with E-state index in [4.69, 9.17) is 16.7 Å². The maximum atomic E-state index is 11.1. The van der Waals surface area contributed by atoms with E-state index in [-0.39, 0.29) is 10.6 Å². The van der Waals surface area contributed by atoms with Gasteiger partial charge in [0.15, 0.2) is 0 Å². The second-order valence-corrected chi connectivity index (χ2v) is 5.07. The monoisotopic (exact) mass is 268 g/mol. The number of aromatic carboxylic acids is 1. The summed E-state index contributed by atoms with van der Waals surface area (Å²) in [6, 6.07) is 2.19. The molecule has 98 valence electrons. The van der Waals surface area contributed by atoms with Gasteiger partial charge in [0.05, 0.1) is 10.6 Å². The lowest BCUT2D eigenvalue weighted by molar-refractivity contribution is 0.0697. The molecule has 2 rings (SSSR count). The van der Waals surface area contributed by atoms with Crippen LogP contribution in [0.3, 0.4) is 0 Å². The standard InChI is InChI=1S/C13H17ClN2O2/c1-3-9-5-4-8(2)16(9)12-11(14)10(13(17)18)6-7-15-12/h6-9H,3-5H2,1-2H3,(H,17,18). The summed E-state index contributed by atoms with van der Waals surface area (Å²) >= 11 is 6.19. The van der Waals surface area contributed by atoms with Crippen molar-refractivity contribution >= 4 is 23.4 Å². The van der Waals surface area contributed by atoms with Crippen molar-refractivity contribution in [1.82, 2.24) is 4.98 Å². The Bertz CT molecular complexity index is 464. The maximum absolute atomic E-state index is 11.1. The van der Waals surface area contributed by atoms with Gasteiger partial charge in [-0.1, -0.05) is 18.5 Å². The molecule has 18 heavy (non-hydrogen) atoms. The van der Waals surface area contributed by atoms with Crippen molar-refractivity contribution in [3.63, 3.8) is 0 Å². The van der Waals surface area contributed by atoms with Gasteiger partial charge >= 0.3 is 5.97 Å². The number of hydrogen-bond acceptors (Lipinski definition) is 3. The SMILES string of the molecule is CCC1CCC(C)N1c1nccc(C(=O)O)c1Cl. The number of halogens is 1. The van der Waals surface area contributed by atoms with Gasteiger partial charge in [-0.25, -0.2) is 9.78 Å². The van der Waals surface area contributed by atoms with Crippen LogP contribution in [0.25, 0.3) is 0 Å². The molecule has 1 aromatic rings. The van der Waals surface area contributed by atoms with Gasteiger partial charge in [0.1, 0.15) is 5.82 Å². The van der Waals surface area contributed by atoms with E-state index in [1.807, 2.05) is 0 Å². The van der Waals surface area contributed by atoms with E-state index in [0.717, 1.165) is 19.3 Å². The zero-order chi connectivity index (χ0) is 13.3. The van der Waals surface area contributed by atoms with Crippen LogP contribution in [0.1, 0.15) is 43.5 Å². The van der Waals surface area contributed by atoms with Crippen molar-refractivity contribution in [2.24, 2.45) is 0 Å². The highest BCUT2D eigenvalue weighted by Crippen LogP contribution is 2.36. The van der Waals surface area contributed by atoms with Crippen LogP contribution < -0.4 is 4.90 Å². The zero-order valence-electron chi connectivity index (χ0n) is 10.6. The first-order valence-corrected chi connectivity index (χ1v) is 6.60. The lowest BCUT2D eigenvalue weighted by Gasteiger charge is -2.30. The molecule has 1 aliphatic heterocycles. The van der Waals surface area contributed by atoms with Crippen LogP contribution >= 0.6 is 11.6 Å². The summed E-state index contributed by atoms with van der Waals surface area (Å²) in [5.74, 6) is -0.406. The van der Waals surface area contributed by atoms with Gasteiger partial charge < -0.3 is 10.0 Å². The largest absolute Gasteiger partial charge is 0.478 e. The van der Waals surface area contributed by atoms with Gasteiger partial charge in [0.25, 0.3) is 0 Å². The Morgan fingerprint density at radius 3 is 2.94 bits per heavy atom. The van der Waals surface area contributed by atoms with Gasteiger partial charge in [0, 0.05) is 18.3 Å². The minimum absolute atomic E-state index is 0.121. The third kappa shape index (κ3) is 2.17. The first-order valence-electron chi connectivity index (χ1n) is 6.22. The Hall–Kier alpha value is -1.29. The van der Waals surface area contributed by atoms with Crippen molar-refractivity contribution < 1.29 is 9.90 Å².